The fraction of sp³-hybridized carbons (Fsp3) is 0.611. The SMILES string of the molecule is O=C(NCC1C2Cc3ccccc3C12)NC1CCC(O)CC1. The lowest BCUT2D eigenvalue weighted by Crippen LogP contribution is -2.44. The van der Waals surface area contributed by atoms with E-state index in [2.05, 4.69) is 34.9 Å². The van der Waals surface area contributed by atoms with Crippen molar-refractivity contribution in [2.24, 2.45) is 11.8 Å². The number of carbonyl (C=O) groups excluding carboxylic acids is 1. The Labute approximate surface area is 131 Å². The highest BCUT2D eigenvalue weighted by molar-refractivity contribution is 5.74. The standard InChI is InChI=1S/C18H24N2O2/c21-13-7-5-12(6-8-13)20-18(22)19-10-16-15-9-11-3-1-2-4-14(11)17(15)16/h1-4,12-13,15-17,21H,5-10H2,(H2,19,20,22). The Morgan fingerprint density at radius 2 is 1.95 bits per heavy atom. The molecule has 2 amide bonds. The molecule has 1 aromatic carbocycles. The van der Waals surface area contributed by atoms with Gasteiger partial charge in [0.05, 0.1) is 6.10 Å². The van der Waals surface area contributed by atoms with Crippen molar-refractivity contribution in [3.63, 3.8) is 0 Å². The van der Waals surface area contributed by atoms with Crippen molar-refractivity contribution in [3.05, 3.63) is 35.4 Å². The van der Waals surface area contributed by atoms with Gasteiger partial charge in [0, 0.05) is 12.6 Å². The number of nitrogens with one attached hydrogen (secondary N) is 2. The lowest BCUT2D eigenvalue weighted by molar-refractivity contribution is 0.117. The van der Waals surface area contributed by atoms with Crippen LogP contribution in [0, 0.1) is 11.8 Å². The van der Waals surface area contributed by atoms with Crippen molar-refractivity contribution >= 4 is 6.03 Å². The van der Waals surface area contributed by atoms with Crippen LogP contribution in [0.2, 0.25) is 0 Å². The molecule has 2 saturated carbocycles. The molecule has 0 saturated heterocycles. The van der Waals surface area contributed by atoms with E-state index in [1.807, 2.05) is 0 Å². The van der Waals surface area contributed by atoms with E-state index >= 15 is 0 Å². The topological polar surface area (TPSA) is 61.4 Å². The van der Waals surface area contributed by atoms with Crippen molar-refractivity contribution in [2.75, 3.05) is 6.54 Å². The molecule has 0 radical (unpaired) electrons. The Kier molecular flexibility index (Phi) is 3.57. The van der Waals surface area contributed by atoms with Gasteiger partial charge in [-0.25, -0.2) is 4.79 Å². The van der Waals surface area contributed by atoms with Crippen LogP contribution >= 0.6 is 0 Å². The van der Waals surface area contributed by atoms with E-state index in [-0.39, 0.29) is 18.2 Å². The summed E-state index contributed by atoms with van der Waals surface area (Å²) in [4.78, 5) is 12.0. The summed E-state index contributed by atoms with van der Waals surface area (Å²) in [6.45, 7) is 0.783. The zero-order valence-electron chi connectivity index (χ0n) is 12.8. The minimum atomic E-state index is -0.174. The van der Waals surface area contributed by atoms with Crippen molar-refractivity contribution in [3.8, 4) is 0 Å². The molecule has 4 nitrogen and oxygen atoms in total. The summed E-state index contributed by atoms with van der Waals surface area (Å²) in [5.74, 6) is 2.03. The molecular formula is C18H24N2O2. The number of hydrogen-bond acceptors (Lipinski definition) is 2. The number of aliphatic hydroxyl groups excluding tert-OH is 1. The Morgan fingerprint density at radius 3 is 2.77 bits per heavy atom. The predicted molar refractivity (Wildman–Crippen MR) is 84.7 cm³/mol. The third kappa shape index (κ3) is 2.60. The quantitative estimate of drug-likeness (QED) is 0.801. The average Bonchev–Trinajstić information content (AvgIpc) is 3.06. The summed E-state index contributed by atoms with van der Waals surface area (Å²) >= 11 is 0. The summed E-state index contributed by atoms with van der Waals surface area (Å²) in [6.07, 6.45) is 4.37. The molecule has 1 aromatic rings. The number of amides is 2. The average molecular weight is 300 g/mol. The first-order valence-corrected chi connectivity index (χ1v) is 8.52. The molecular weight excluding hydrogens is 276 g/mol. The molecule has 0 aromatic heterocycles. The van der Waals surface area contributed by atoms with Gasteiger partial charge in [-0.05, 0) is 61.0 Å². The first-order valence-electron chi connectivity index (χ1n) is 8.52. The highest BCUT2D eigenvalue weighted by atomic mass is 16.3. The Bertz CT molecular complexity index is 566. The van der Waals surface area contributed by atoms with E-state index in [0.717, 1.165) is 38.1 Å². The minimum Gasteiger partial charge on any atom is -0.393 e. The van der Waals surface area contributed by atoms with Gasteiger partial charge >= 0.3 is 6.03 Å². The van der Waals surface area contributed by atoms with Crippen LogP contribution in [0.3, 0.4) is 0 Å². The second kappa shape index (κ2) is 5.58. The maximum absolute atomic E-state index is 12.0. The Morgan fingerprint density at radius 1 is 1.18 bits per heavy atom. The third-order valence-electron chi connectivity index (χ3n) is 5.73. The molecule has 3 N–H and O–H groups in total. The van der Waals surface area contributed by atoms with Crippen LogP contribution in [0.25, 0.3) is 0 Å². The van der Waals surface area contributed by atoms with Gasteiger partial charge in [-0.3, -0.25) is 0 Å². The van der Waals surface area contributed by atoms with Crippen LogP contribution in [0.4, 0.5) is 4.79 Å². The summed E-state index contributed by atoms with van der Waals surface area (Å²) in [6, 6.07) is 8.89. The number of urea groups is 1. The van der Waals surface area contributed by atoms with Crippen molar-refractivity contribution in [2.45, 2.75) is 50.2 Å². The lowest BCUT2D eigenvalue weighted by atomic mass is 9.93. The number of rotatable bonds is 3. The van der Waals surface area contributed by atoms with Crippen molar-refractivity contribution in [1.29, 1.82) is 0 Å². The molecule has 3 unspecified atom stereocenters. The van der Waals surface area contributed by atoms with E-state index in [1.165, 1.54) is 17.5 Å². The maximum atomic E-state index is 12.0. The van der Waals surface area contributed by atoms with E-state index in [9.17, 15) is 9.90 Å². The molecule has 0 heterocycles. The van der Waals surface area contributed by atoms with Gasteiger partial charge < -0.3 is 15.7 Å². The minimum absolute atomic E-state index is 0.0420. The fourth-order valence-electron chi connectivity index (χ4n) is 4.43. The highest BCUT2D eigenvalue weighted by Crippen LogP contribution is 2.60. The summed E-state index contributed by atoms with van der Waals surface area (Å²) in [7, 11) is 0. The third-order valence-corrected chi connectivity index (χ3v) is 5.73. The van der Waals surface area contributed by atoms with Gasteiger partial charge in [0.15, 0.2) is 0 Å². The molecule has 0 spiro atoms. The Hall–Kier alpha value is -1.55. The van der Waals surface area contributed by atoms with E-state index in [1.54, 1.807) is 0 Å². The predicted octanol–water partition coefficient (Wildman–Crippen LogP) is 2.17. The second-order valence-electron chi connectivity index (χ2n) is 7.12. The molecule has 0 aliphatic heterocycles. The van der Waals surface area contributed by atoms with Crippen LogP contribution < -0.4 is 10.6 Å². The number of aliphatic hydroxyl groups is 1. The number of carbonyl (C=O) groups is 1. The summed E-state index contributed by atoms with van der Waals surface area (Å²) in [5, 5.41) is 15.6. The van der Waals surface area contributed by atoms with Crippen LogP contribution in [-0.4, -0.2) is 29.8 Å². The normalized spacial score (nSPS) is 35.4. The molecule has 0 bridgehead atoms. The van der Waals surface area contributed by atoms with Crippen LogP contribution in [0.5, 0.6) is 0 Å². The van der Waals surface area contributed by atoms with E-state index in [0.29, 0.717) is 11.8 Å². The van der Waals surface area contributed by atoms with Crippen LogP contribution in [-0.2, 0) is 6.42 Å². The van der Waals surface area contributed by atoms with Gasteiger partial charge in [0.25, 0.3) is 0 Å². The number of benzene rings is 1. The van der Waals surface area contributed by atoms with Gasteiger partial charge in [0.2, 0.25) is 0 Å². The van der Waals surface area contributed by atoms with Crippen molar-refractivity contribution < 1.29 is 9.90 Å². The monoisotopic (exact) mass is 300 g/mol. The van der Waals surface area contributed by atoms with Crippen LogP contribution in [0.15, 0.2) is 24.3 Å². The fourth-order valence-corrected chi connectivity index (χ4v) is 4.43. The second-order valence-corrected chi connectivity index (χ2v) is 7.12. The molecule has 3 aliphatic rings. The molecule has 118 valence electrons. The molecule has 2 fully saturated rings. The maximum Gasteiger partial charge on any atom is 0.315 e. The largest absolute Gasteiger partial charge is 0.393 e. The molecule has 22 heavy (non-hydrogen) atoms. The molecule has 4 rings (SSSR count). The Balaban J connectivity index is 1.23. The smallest absolute Gasteiger partial charge is 0.315 e. The van der Waals surface area contributed by atoms with Crippen LogP contribution in [0.1, 0.15) is 42.7 Å². The molecule has 4 heteroatoms. The number of hydrogen-bond donors (Lipinski definition) is 3. The van der Waals surface area contributed by atoms with Gasteiger partial charge in [-0.2, -0.15) is 0 Å². The van der Waals surface area contributed by atoms with Gasteiger partial charge in [0.1, 0.15) is 0 Å². The number of fused-ring (bicyclic) bond motifs is 3. The summed E-state index contributed by atoms with van der Waals surface area (Å²) in [5.41, 5.74) is 3.00. The zero-order chi connectivity index (χ0) is 15.1. The summed E-state index contributed by atoms with van der Waals surface area (Å²) < 4.78 is 0. The van der Waals surface area contributed by atoms with Gasteiger partial charge in [-0.1, -0.05) is 24.3 Å². The molecule has 3 atom stereocenters. The zero-order valence-corrected chi connectivity index (χ0v) is 12.8. The first kappa shape index (κ1) is 14.1. The van der Waals surface area contributed by atoms with Gasteiger partial charge in [-0.15, -0.1) is 0 Å². The van der Waals surface area contributed by atoms with E-state index in [4.69, 9.17) is 0 Å². The molecule has 3 aliphatic carbocycles. The first-order chi connectivity index (χ1) is 10.7. The highest BCUT2D eigenvalue weighted by Gasteiger charge is 2.55. The van der Waals surface area contributed by atoms with E-state index < -0.39 is 0 Å². The van der Waals surface area contributed by atoms with Crippen molar-refractivity contribution in [1.82, 2.24) is 10.6 Å². The lowest BCUT2D eigenvalue weighted by Gasteiger charge is -2.26.